The Morgan fingerprint density at radius 2 is 0.895 bits per heavy atom. The van der Waals surface area contributed by atoms with E-state index in [2.05, 4.69) is 63.2 Å². The van der Waals surface area contributed by atoms with Gasteiger partial charge in [-0.05, 0) is 49.2 Å². The maximum absolute atomic E-state index is 3.85. The molecule has 110 valence electrons. The molecule has 2 rings (SSSR count). The molecule has 2 aromatic rings. The van der Waals surface area contributed by atoms with Crippen LogP contribution in [-0.4, -0.2) is 9.97 Å². The van der Waals surface area contributed by atoms with E-state index in [0.717, 1.165) is 0 Å². The fourth-order valence-corrected chi connectivity index (χ4v) is 0.853. The molecule has 0 fully saturated rings. The Morgan fingerprint density at radius 3 is 1.00 bits per heavy atom. The monoisotopic (exact) mass is 697 g/mol. The third-order valence-electron chi connectivity index (χ3n) is 1.69. The number of hydrogen-bond acceptors (Lipinski definition) is 2. The van der Waals surface area contributed by atoms with Crippen molar-refractivity contribution in [3.8, 4) is 0 Å². The van der Waals surface area contributed by atoms with Crippen LogP contribution in [0.2, 0.25) is 0 Å². The Morgan fingerprint density at radius 1 is 0.684 bits per heavy atom. The molecule has 0 radical (unpaired) electrons. The Bertz CT molecular complexity index is 391. The molecule has 0 aliphatic rings. The van der Waals surface area contributed by atoms with E-state index in [1.807, 2.05) is 38.1 Å². The van der Waals surface area contributed by atoms with Gasteiger partial charge in [-0.1, -0.05) is 0 Å². The topological polar surface area (TPSA) is 25.8 Å². The van der Waals surface area contributed by atoms with Gasteiger partial charge in [0.25, 0.3) is 0 Å². The molecule has 0 aromatic carbocycles. The van der Waals surface area contributed by atoms with Crippen molar-refractivity contribution >= 4 is 53.2 Å². The van der Waals surface area contributed by atoms with Crippen molar-refractivity contribution in [2.45, 2.75) is 13.8 Å². The molecule has 2 nitrogen and oxygen atoms in total. The number of rotatable bonds is 0. The zero-order valence-corrected chi connectivity index (χ0v) is 19.0. The second-order valence-electron chi connectivity index (χ2n) is 3.32. The first kappa shape index (κ1) is 19.9. The fraction of sp³-hybridized carbons (Fsp3) is 0.167. The summed E-state index contributed by atoms with van der Waals surface area (Å²) in [6, 6.07) is 7.89. The molecular weight excluding hydrogens is 687 g/mol. The molecule has 0 aliphatic carbocycles. The first-order valence-electron chi connectivity index (χ1n) is 5.00. The summed E-state index contributed by atoms with van der Waals surface area (Å²) >= 11 is 13.2. The third kappa shape index (κ3) is 18.9. The molecule has 0 atom stereocenters. The average Bonchev–Trinajstić information content (AvgIpc) is 2.29. The van der Waals surface area contributed by atoms with Gasteiger partial charge in [0.15, 0.2) is 0 Å². The molecule has 0 N–H and O–H groups in total. The number of pyridine rings is 2. The quantitative estimate of drug-likeness (QED) is 0.329. The summed E-state index contributed by atoms with van der Waals surface area (Å²) in [5.41, 5.74) is 2.52. The molecule has 0 saturated heterocycles. The maximum atomic E-state index is 3.85. The summed E-state index contributed by atoms with van der Waals surface area (Å²) in [6.45, 7) is 4.09. The second kappa shape index (κ2) is 11.6. The molecule has 2 aromatic heterocycles. The molecule has 0 amide bonds. The van der Waals surface area contributed by atoms with Crippen LogP contribution in [0.1, 0.15) is 11.1 Å². The van der Waals surface area contributed by atoms with Crippen molar-refractivity contribution in [2.75, 3.05) is 0 Å². The van der Waals surface area contributed by atoms with E-state index in [-0.39, 0.29) is 0 Å². The van der Waals surface area contributed by atoms with E-state index in [0.29, 0.717) is 0 Å². The second-order valence-corrected chi connectivity index (χ2v) is 63.0. The van der Waals surface area contributed by atoms with Gasteiger partial charge in [0.1, 0.15) is 0 Å². The first-order valence-corrected chi connectivity index (χ1v) is 24.9. The molecule has 0 unspecified atom stereocenters. The standard InChI is InChI=1S/2C6H7N.4BrH.Pt/c2*1-6-2-4-7-5-3-6;;;;;/h2*2-5H,1H3;4*1H;/q;;;;;;+4/p-4. The summed E-state index contributed by atoms with van der Waals surface area (Å²) in [5.74, 6) is 0. The number of nitrogens with zero attached hydrogens (tertiary/aromatic N) is 2. The molecule has 7 heteroatoms. The van der Waals surface area contributed by atoms with Crippen LogP contribution in [0.25, 0.3) is 0 Å². The van der Waals surface area contributed by atoms with Gasteiger partial charge in [-0.25, -0.2) is 0 Å². The summed E-state index contributed by atoms with van der Waals surface area (Å²) in [7, 11) is -1.69. The van der Waals surface area contributed by atoms with Gasteiger partial charge in [0, 0.05) is 24.8 Å². The van der Waals surface area contributed by atoms with Gasteiger partial charge in [0.2, 0.25) is 0 Å². The fourth-order valence-electron chi connectivity index (χ4n) is 0.853. The van der Waals surface area contributed by atoms with Crippen molar-refractivity contribution in [1.82, 2.24) is 9.97 Å². The van der Waals surface area contributed by atoms with Crippen LogP contribution in [0.15, 0.2) is 49.1 Å². The van der Waals surface area contributed by atoms with Crippen molar-refractivity contribution in [3.05, 3.63) is 60.2 Å². The van der Waals surface area contributed by atoms with E-state index in [9.17, 15) is 0 Å². The average molecular weight is 701 g/mol. The summed E-state index contributed by atoms with van der Waals surface area (Å²) in [5, 5.41) is 0. The van der Waals surface area contributed by atoms with Crippen LogP contribution >= 0.6 is 53.2 Å². The van der Waals surface area contributed by atoms with Crippen LogP contribution in [0.4, 0.5) is 0 Å². The minimum atomic E-state index is -1.69. The van der Waals surface area contributed by atoms with Crippen molar-refractivity contribution in [1.29, 1.82) is 0 Å². The molecule has 0 spiro atoms. The Labute approximate surface area is 143 Å². The number of aromatic nitrogens is 2. The van der Waals surface area contributed by atoms with Crippen molar-refractivity contribution < 1.29 is 7.84 Å². The zero-order chi connectivity index (χ0) is 14.7. The van der Waals surface area contributed by atoms with Crippen LogP contribution in [0.3, 0.4) is 0 Å². The molecular formula is C12H14Br4N2Pt. The van der Waals surface area contributed by atoms with Gasteiger partial charge in [-0.15, -0.1) is 0 Å². The van der Waals surface area contributed by atoms with Gasteiger partial charge >= 0.3 is 61.0 Å². The summed E-state index contributed by atoms with van der Waals surface area (Å²) in [4.78, 5) is 7.69. The molecule has 0 saturated carbocycles. The van der Waals surface area contributed by atoms with Crippen LogP contribution in [0.5, 0.6) is 0 Å². The molecule has 2 heterocycles. The van der Waals surface area contributed by atoms with Crippen molar-refractivity contribution in [3.63, 3.8) is 0 Å². The zero-order valence-electron chi connectivity index (χ0n) is 10.3. The Balaban J connectivity index is 0.000000261. The van der Waals surface area contributed by atoms with Crippen LogP contribution < -0.4 is 0 Å². The summed E-state index contributed by atoms with van der Waals surface area (Å²) in [6.07, 6.45) is 7.15. The van der Waals surface area contributed by atoms with E-state index < -0.39 is 7.84 Å². The Hall–Kier alpha value is 0.908. The van der Waals surface area contributed by atoms with Gasteiger partial charge in [-0.3, -0.25) is 9.97 Å². The first-order chi connectivity index (χ1) is 8.79. The van der Waals surface area contributed by atoms with Crippen LogP contribution in [-0.2, 0) is 7.84 Å². The van der Waals surface area contributed by atoms with Crippen molar-refractivity contribution in [2.24, 2.45) is 0 Å². The number of aryl methyl sites for hydroxylation is 2. The van der Waals surface area contributed by atoms with Crippen LogP contribution in [0, 0.1) is 13.8 Å². The predicted octanol–water partition coefficient (Wildman–Crippen LogP) is 6.16. The van der Waals surface area contributed by atoms with E-state index in [4.69, 9.17) is 0 Å². The van der Waals surface area contributed by atoms with Gasteiger partial charge < -0.3 is 0 Å². The molecule has 0 bridgehead atoms. The van der Waals surface area contributed by atoms with E-state index in [1.165, 1.54) is 11.1 Å². The summed E-state index contributed by atoms with van der Waals surface area (Å²) < 4.78 is 0. The number of hydrogen-bond donors (Lipinski definition) is 0. The van der Waals surface area contributed by atoms with Gasteiger partial charge in [-0.2, -0.15) is 0 Å². The van der Waals surface area contributed by atoms with E-state index >= 15 is 0 Å². The predicted molar refractivity (Wildman–Crippen MR) is 93.7 cm³/mol. The molecule has 19 heavy (non-hydrogen) atoms. The van der Waals surface area contributed by atoms with E-state index in [1.54, 1.807) is 24.8 Å². The van der Waals surface area contributed by atoms with Gasteiger partial charge in [0.05, 0.1) is 0 Å². The minimum absolute atomic E-state index is 1.26. The Kier molecular flexibility index (Phi) is 12.1. The SMILES string of the molecule is Cc1ccncc1.Cc1ccncc1.[Br][Pt]([Br])([Br])[Br]. The normalized spacial score (nSPS) is 10.4. The number of halogens is 4. The molecule has 0 aliphatic heterocycles. The third-order valence-corrected chi connectivity index (χ3v) is 1.69.